The molecule has 0 aliphatic carbocycles. The summed E-state index contributed by atoms with van der Waals surface area (Å²) < 4.78 is 6.95. The highest BCUT2D eigenvalue weighted by Crippen LogP contribution is 2.31. The van der Waals surface area contributed by atoms with Crippen molar-refractivity contribution in [2.75, 3.05) is 12.8 Å². The van der Waals surface area contributed by atoms with Gasteiger partial charge in [0.25, 0.3) is 5.56 Å². The minimum atomic E-state index is -0.420. The number of benzene rings is 2. The normalized spacial score (nSPS) is 10.5. The van der Waals surface area contributed by atoms with E-state index in [1.807, 2.05) is 42.5 Å². The van der Waals surface area contributed by atoms with E-state index in [9.17, 15) is 4.79 Å². The van der Waals surface area contributed by atoms with E-state index in [0.29, 0.717) is 17.1 Å². The molecule has 5 heteroatoms. The van der Waals surface area contributed by atoms with E-state index in [1.165, 1.54) is 4.57 Å². The van der Waals surface area contributed by atoms with Gasteiger partial charge in [-0.2, -0.15) is 5.26 Å². The van der Waals surface area contributed by atoms with Crippen molar-refractivity contribution in [1.82, 2.24) is 4.57 Å². The van der Waals surface area contributed by atoms with Crippen LogP contribution in [0.25, 0.3) is 16.5 Å². The average molecular weight is 305 g/mol. The number of nitrogens with zero attached hydrogens (tertiary/aromatic N) is 2. The summed E-state index contributed by atoms with van der Waals surface area (Å²) >= 11 is 0. The first-order valence-corrected chi connectivity index (χ1v) is 7.06. The topological polar surface area (TPSA) is 81.0 Å². The third kappa shape index (κ3) is 2.21. The Morgan fingerprint density at radius 1 is 1.22 bits per heavy atom. The summed E-state index contributed by atoms with van der Waals surface area (Å²) in [6, 6.07) is 15.0. The third-order valence-corrected chi connectivity index (χ3v) is 3.86. The van der Waals surface area contributed by atoms with Crippen molar-refractivity contribution in [1.29, 1.82) is 5.26 Å². The van der Waals surface area contributed by atoms with Gasteiger partial charge in [0.2, 0.25) is 0 Å². The van der Waals surface area contributed by atoms with Crippen LogP contribution in [0, 0.1) is 18.3 Å². The maximum atomic E-state index is 12.7. The van der Waals surface area contributed by atoms with Gasteiger partial charge in [0, 0.05) is 11.1 Å². The quantitative estimate of drug-likeness (QED) is 0.789. The average Bonchev–Trinajstić information content (AvgIpc) is 2.58. The van der Waals surface area contributed by atoms with E-state index in [0.717, 1.165) is 10.8 Å². The van der Waals surface area contributed by atoms with Crippen molar-refractivity contribution in [2.45, 2.75) is 6.92 Å². The summed E-state index contributed by atoms with van der Waals surface area (Å²) in [5, 5.41) is 11.0. The molecular formula is C18H15N3O2. The SMILES string of the molecule is COc1ccc2ccccc2c1-n1c(C)cc(C#N)c(N)c1=O. The van der Waals surface area contributed by atoms with Crippen LogP contribution in [0.2, 0.25) is 0 Å². The monoisotopic (exact) mass is 305 g/mol. The molecule has 3 aromatic rings. The van der Waals surface area contributed by atoms with Gasteiger partial charge in [0.1, 0.15) is 17.5 Å². The van der Waals surface area contributed by atoms with Gasteiger partial charge in [-0.05, 0) is 24.4 Å². The van der Waals surface area contributed by atoms with Gasteiger partial charge in [-0.3, -0.25) is 9.36 Å². The first-order chi connectivity index (χ1) is 11.1. The maximum absolute atomic E-state index is 12.7. The molecule has 3 rings (SSSR count). The van der Waals surface area contributed by atoms with Crippen LogP contribution in [0.5, 0.6) is 5.75 Å². The van der Waals surface area contributed by atoms with Crippen molar-refractivity contribution in [2.24, 2.45) is 0 Å². The minimum absolute atomic E-state index is 0.0620. The predicted octanol–water partition coefficient (Wildman–Crippen LogP) is 2.76. The zero-order chi connectivity index (χ0) is 16.6. The molecule has 2 N–H and O–H groups in total. The maximum Gasteiger partial charge on any atom is 0.279 e. The Kier molecular flexibility index (Phi) is 3.51. The lowest BCUT2D eigenvalue weighted by molar-refractivity contribution is 0.413. The Hall–Kier alpha value is -3.26. The van der Waals surface area contributed by atoms with Gasteiger partial charge in [-0.15, -0.1) is 0 Å². The second-order valence-corrected chi connectivity index (χ2v) is 5.20. The molecule has 0 saturated heterocycles. The molecular weight excluding hydrogens is 290 g/mol. The smallest absolute Gasteiger partial charge is 0.279 e. The molecule has 114 valence electrons. The lowest BCUT2D eigenvalue weighted by Crippen LogP contribution is -2.25. The number of hydrogen-bond acceptors (Lipinski definition) is 4. The Morgan fingerprint density at radius 3 is 2.65 bits per heavy atom. The Bertz CT molecular complexity index is 1010. The number of rotatable bonds is 2. The molecule has 0 fully saturated rings. The lowest BCUT2D eigenvalue weighted by atomic mass is 10.1. The lowest BCUT2D eigenvalue weighted by Gasteiger charge is -2.17. The fourth-order valence-electron chi connectivity index (χ4n) is 2.75. The third-order valence-electron chi connectivity index (χ3n) is 3.86. The second kappa shape index (κ2) is 5.50. The number of nitriles is 1. The molecule has 1 aromatic heterocycles. The molecule has 2 aromatic carbocycles. The highest BCUT2D eigenvalue weighted by molar-refractivity contribution is 5.93. The van der Waals surface area contributed by atoms with Crippen LogP contribution in [0.4, 0.5) is 5.69 Å². The first kappa shape index (κ1) is 14.7. The molecule has 0 unspecified atom stereocenters. The fourth-order valence-corrected chi connectivity index (χ4v) is 2.75. The number of pyridine rings is 1. The standard InChI is InChI=1S/C18H15N3O2/c1-11-9-13(10-19)16(20)18(22)21(11)17-14-6-4-3-5-12(14)7-8-15(17)23-2/h3-9H,20H2,1-2H3. The Labute approximate surface area is 133 Å². The number of fused-ring (bicyclic) bond motifs is 1. The number of aryl methyl sites for hydroxylation is 1. The molecule has 0 radical (unpaired) electrons. The Balaban J connectivity index is 2.50. The molecule has 0 aliphatic heterocycles. The van der Waals surface area contributed by atoms with E-state index in [4.69, 9.17) is 15.7 Å². The van der Waals surface area contributed by atoms with Crippen LogP contribution >= 0.6 is 0 Å². The number of anilines is 1. The molecule has 0 atom stereocenters. The molecule has 23 heavy (non-hydrogen) atoms. The summed E-state index contributed by atoms with van der Waals surface area (Å²) in [5.74, 6) is 0.568. The van der Waals surface area contributed by atoms with Crippen molar-refractivity contribution in [3.8, 4) is 17.5 Å². The second-order valence-electron chi connectivity index (χ2n) is 5.20. The van der Waals surface area contributed by atoms with E-state index in [-0.39, 0.29) is 11.3 Å². The van der Waals surface area contributed by atoms with Crippen molar-refractivity contribution < 1.29 is 4.74 Å². The molecule has 5 nitrogen and oxygen atoms in total. The summed E-state index contributed by atoms with van der Waals surface area (Å²) in [6.07, 6.45) is 0. The van der Waals surface area contributed by atoms with Crippen LogP contribution in [0.1, 0.15) is 11.3 Å². The number of nitrogen functional groups attached to an aromatic ring is 1. The van der Waals surface area contributed by atoms with Gasteiger partial charge in [-0.1, -0.05) is 30.3 Å². The largest absolute Gasteiger partial charge is 0.495 e. The minimum Gasteiger partial charge on any atom is -0.495 e. The van der Waals surface area contributed by atoms with Gasteiger partial charge < -0.3 is 10.5 Å². The van der Waals surface area contributed by atoms with E-state index < -0.39 is 5.56 Å². The van der Waals surface area contributed by atoms with Gasteiger partial charge >= 0.3 is 0 Å². The van der Waals surface area contributed by atoms with Crippen molar-refractivity contribution >= 4 is 16.5 Å². The van der Waals surface area contributed by atoms with E-state index in [1.54, 1.807) is 20.1 Å². The number of hydrogen-bond donors (Lipinski definition) is 1. The summed E-state index contributed by atoms with van der Waals surface area (Å²) in [6.45, 7) is 1.77. The molecule has 0 spiro atoms. The first-order valence-electron chi connectivity index (χ1n) is 7.06. The molecule has 0 saturated carbocycles. The van der Waals surface area contributed by atoms with Crippen LogP contribution in [0.3, 0.4) is 0 Å². The number of nitrogens with two attached hydrogens (primary N) is 1. The predicted molar refractivity (Wildman–Crippen MR) is 90.0 cm³/mol. The number of aromatic nitrogens is 1. The molecule has 0 amide bonds. The van der Waals surface area contributed by atoms with Crippen LogP contribution in [-0.4, -0.2) is 11.7 Å². The van der Waals surface area contributed by atoms with Crippen LogP contribution in [-0.2, 0) is 0 Å². The zero-order valence-corrected chi connectivity index (χ0v) is 12.8. The molecule has 0 bridgehead atoms. The van der Waals surface area contributed by atoms with Crippen molar-refractivity contribution in [3.05, 3.63) is 64.1 Å². The number of methoxy groups -OCH3 is 1. The van der Waals surface area contributed by atoms with E-state index >= 15 is 0 Å². The van der Waals surface area contributed by atoms with Crippen LogP contribution in [0.15, 0.2) is 47.3 Å². The molecule has 1 heterocycles. The van der Waals surface area contributed by atoms with Gasteiger partial charge in [0.15, 0.2) is 0 Å². The van der Waals surface area contributed by atoms with Gasteiger partial charge in [0.05, 0.1) is 18.4 Å². The van der Waals surface area contributed by atoms with Crippen molar-refractivity contribution in [3.63, 3.8) is 0 Å². The highest BCUT2D eigenvalue weighted by Gasteiger charge is 2.17. The molecule has 0 aliphatic rings. The van der Waals surface area contributed by atoms with Crippen LogP contribution < -0.4 is 16.0 Å². The van der Waals surface area contributed by atoms with E-state index in [2.05, 4.69) is 0 Å². The zero-order valence-electron chi connectivity index (χ0n) is 12.8. The Morgan fingerprint density at radius 2 is 1.96 bits per heavy atom. The summed E-state index contributed by atoms with van der Waals surface area (Å²) in [5.41, 5.74) is 6.79. The summed E-state index contributed by atoms with van der Waals surface area (Å²) in [4.78, 5) is 12.7. The summed E-state index contributed by atoms with van der Waals surface area (Å²) in [7, 11) is 1.56. The van der Waals surface area contributed by atoms with Gasteiger partial charge in [-0.25, -0.2) is 0 Å². The highest BCUT2D eigenvalue weighted by atomic mass is 16.5. The fraction of sp³-hybridized carbons (Fsp3) is 0.111. The number of ether oxygens (including phenoxy) is 1.